The Morgan fingerprint density at radius 1 is 1.07 bits per heavy atom. The number of nitro groups is 1. The van der Waals surface area contributed by atoms with Gasteiger partial charge < -0.3 is 9.15 Å². The second kappa shape index (κ2) is 7.43. The van der Waals surface area contributed by atoms with Gasteiger partial charge in [0.25, 0.3) is 5.56 Å². The highest BCUT2D eigenvalue weighted by Crippen LogP contribution is 2.20. The van der Waals surface area contributed by atoms with Crippen LogP contribution < -0.4 is 10.3 Å². The van der Waals surface area contributed by atoms with Gasteiger partial charge in [0.05, 0.1) is 29.8 Å². The van der Waals surface area contributed by atoms with E-state index in [2.05, 4.69) is 4.98 Å². The van der Waals surface area contributed by atoms with Gasteiger partial charge in [0.15, 0.2) is 0 Å². The average Bonchev–Trinajstić information content (AvgIpc) is 3.22. The van der Waals surface area contributed by atoms with Crippen LogP contribution >= 0.6 is 0 Å². The predicted molar refractivity (Wildman–Crippen MR) is 108 cm³/mol. The maximum atomic E-state index is 13.2. The second-order valence-corrected chi connectivity index (χ2v) is 6.09. The number of methoxy groups -OCH3 is 1. The van der Waals surface area contributed by atoms with Gasteiger partial charge in [-0.05, 0) is 54.6 Å². The molecule has 0 aliphatic heterocycles. The molecule has 144 valence electrons. The van der Waals surface area contributed by atoms with Gasteiger partial charge in [-0.1, -0.05) is 12.1 Å². The Bertz CT molecular complexity index is 1290. The number of fused-ring (bicyclic) bond motifs is 1. The minimum Gasteiger partial charge on any atom is -0.497 e. The Hall–Kier alpha value is -4.20. The van der Waals surface area contributed by atoms with Gasteiger partial charge in [-0.15, -0.1) is 0 Å². The van der Waals surface area contributed by atoms with Gasteiger partial charge in [-0.25, -0.2) is 4.98 Å². The van der Waals surface area contributed by atoms with Gasteiger partial charge in [-0.3, -0.25) is 19.5 Å². The molecule has 0 N–H and O–H groups in total. The standard InChI is InChI=1S/C21H15N3O5/c1-28-15-8-6-14(7-9-15)23-19(12-10-16-11-13-20(29-16)24(26)27)22-18-5-3-2-4-17(18)21(23)25/h2-13H,1H3/b12-10+. The molecular weight excluding hydrogens is 374 g/mol. The topological polar surface area (TPSA) is 100 Å². The van der Waals surface area contributed by atoms with Crippen molar-refractivity contribution < 1.29 is 14.1 Å². The summed E-state index contributed by atoms with van der Waals surface area (Å²) in [5, 5.41) is 11.3. The zero-order chi connectivity index (χ0) is 20.4. The minimum atomic E-state index is -0.612. The lowest BCUT2D eigenvalue weighted by Gasteiger charge is -2.12. The second-order valence-electron chi connectivity index (χ2n) is 6.09. The number of aromatic nitrogens is 2. The number of furan rings is 1. The van der Waals surface area contributed by atoms with Gasteiger partial charge in [0.1, 0.15) is 22.3 Å². The van der Waals surface area contributed by atoms with Crippen molar-refractivity contribution in [1.82, 2.24) is 9.55 Å². The van der Waals surface area contributed by atoms with Gasteiger partial charge in [0, 0.05) is 0 Å². The fourth-order valence-corrected chi connectivity index (χ4v) is 2.93. The third-order valence-corrected chi connectivity index (χ3v) is 4.32. The Morgan fingerprint density at radius 3 is 2.52 bits per heavy atom. The monoisotopic (exact) mass is 389 g/mol. The van der Waals surface area contributed by atoms with E-state index in [1.807, 2.05) is 0 Å². The van der Waals surface area contributed by atoms with E-state index in [-0.39, 0.29) is 17.2 Å². The molecule has 0 aliphatic rings. The summed E-state index contributed by atoms with van der Waals surface area (Å²) < 4.78 is 11.8. The van der Waals surface area contributed by atoms with Crippen molar-refractivity contribution in [2.75, 3.05) is 7.11 Å². The van der Waals surface area contributed by atoms with Crippen LogP contribution in [-0.4, -0.2) is 21.6 Å². The van der Waals surface area contributed by atoms with Crippen molar-refractivity contribution in [2.24, 2.45) is 0 Å². The highest BCUT2D eigenvalue weighted by atomic mass is 16.6. The smallest absolute Gasteiger partial charge is 0.433 e. The summed E-state index contributed by atoms with van der Waals surface area (Å²) in [6.07, 6.45) is 3.12. The number of benzene rings is 2. The van der Waals surface area contributed by atoms with Crippen molar-refractivity contribution in [3.8, 4) is 11.4 Å². The molecule has 4 aromatic rings. The van der Waals surface area contributed by atoms with Crippen molar-refractivity contribution in [1.29, 1.82) is 0 Å². The molecule has 4 rings (SSSR count). The quantitative estimate of drug-likeness (QED) is 0.377. The summed E-state index contributed by atoms with van der Waals surface area (Å²) in [6, 6.07) is 16.8. The van der Waals surface area contributed by atoms with Crippen molar-refractivity contribution in [3.63, 3.8) is 0 Å². The molecule has 0 saturated carbocycles. The molecule has 2 aromatic heterocycles. The molecule has 0 atom stereocenters. The van der Waals surface area contributed by atoms with Crippen LogP contribution in [0.4, 0.5) is 5.88 Å². The first-order valence-corrected chi connectivity index (χ1v) is 8.65. The van der Waals surface area contributed by atoms with Crippen molar-refractivity contribution in [2.45, 2.75) is 0 Å². The highest BCUT2D eigenvalue weighted by molar-refractivity contribution is 5.79. The van der Waals surface area contributed by atoms with E-state index < -0.39 is 4.92 Å². The van der Waals surface area contributed by atoms with Gasteiger partial charge in [0.2, 0.25) is 0 Å². The van der Waals surface area contributed by atoms with Crippen LogP contribution in [-0.2, 0) is 0 Å². The number of ether oxygens (including phenoxy) is 1. The van der Waals surface area contributed by atoms with E-state index in [1.54, 1.807) is 61.7 Å². The van der Waals surface area contributed by atoms with Crippen LogP contribution in [0.3, 0.4) is 0 Å². The number of para-hydroxylation sites is 1. The van der Waals surface area contributed by atoms with E-state index in [1.165, 1.54) is 22.8 Å². The molecule has 0 radical (unpaired) electrons. The largest absolute Gasteiger partial charge is 0.497 e. The van der Waals surface area contributed by atoms with E-state index in [0.717, 1.165) is 0 Å². The molecule has 2 aromatic carbocycles. The maximum absolute atomic E-state index is 13.2. The molecular formula is C21H15N3O5. The van der Waals surface area contributed by atoms with Gasteiger partial charge >= 0.3 is 5.88 Å². The summed E-state index contributed by atoms with van der Waals surface area (Å²) in [5.74, 6) is 0.942. The fraction of sp³-hybridized carbons (Fsp3) is 0.0476. The molecule has 0 bridgehead atoms. The molecule has 0 unspecified atom stereocenters. The third kappa shape index (κ3) is 3.51. The Balaban J connectivity index is 1.87. The molecule has 0 aliphatic carbocycles. The lowest BCUT2D eigenvalue weighted by atomic mass is 10.2. The molecule has 0 fully saturated rings. The SMILES string of the molecule is COc1ccc(-n2c(/C=C/c3ccc([N+](=O)[O-])o3)nc3ccccc3c2=O)cc1. The molecule has 0 spiro atoms. The highest BCUT2D eigenvalue weighted by Gasteiger charge is 2.13. The van der Waals surface area contributed by atoms with E-state index in [9.17, 15) is 14.9 Å². The lowest BCUT2D eigenvalue weighted by Crippen LogP contribution is -2.22. The van der Waals surface area contributed by atoms with Crippen LogP contribution in [0.2, 0.25) is 0 Å². The van der Waals surface area contributed by atoms with Crippen LogP contribution in [0.15, 0.2) is 69.9 Å². The number of hydrogen-bond donors (Lipinski definition) is 0. The number of nitrogens with zero attached hydrogens (tertiary/aromatic N) is 3. The minimum absolute atomic E-state index is 0.231. The Labute approximate surface area is 164 Å². The van der Waals surface area contributed by atoms with E-state index in [0.29, 0.717) is 28.2 Å². The van der Waals surface area contributed by atoms with E-state index in [4.69, 9.17) is 9.15 Å². The molecule has 0 saturated heterocycles. The molecule has 8 nitrogen and oxygen atoms in total. The number of rotatable bonds is 5. The summed E-state index contributed by atoms with van der Waals surface area (Å²) >= 11 is 0. The zero-order valence-electron chi connectivity index (χ0n) is 15.3. The Kier molecular flexibility index (Phi) is 4.66. The average molecular weight is 389 g/mol. The van der Waals surface area contributed by atoms with Crippen LogP contribution in [0, 0.1) is 10.1 Å². The molecule has 29 heavy (non-hydrogen) atoms. The predicted octanol–water partition coefficient (Wildman–Crippen LogP) is 4.07. The molecule has 0 amide bonds. The maximum Gasteiger partial charge on any atom is 0.433 e. The van der Waals surface area contributed by atoms with Crippen molar-refractivity contribution >= 4 is 28.9 Å². The normalized spacial score (nSPS) is 11.2. The summed E-state index contributed by atoms with van der Waals surface area (Å²) in [6.45, 7) is 0. The summed E-state index contributed by atoms with van der Waals surface area (Å²) in [4.78, 5) is 27.9. The summed E-state index contributed by atoms with van der Waals surface area (Å²) in [5.41, 5.74) is 0.928. The van der Waals surface area contributed by atoms with Gasteiger partial charge in [-0.2, -0.15) is 0 Å². The first kappa shape index (κ1) is 18.2. The van der Waals surface area contributed by atoms with Crippen LogP contribution in [0.5, 0.6) is 5.75 Å². The molecule has 2 heterocycles. The molecule has 8 heteroatoms. The first-order chi connectivity index (χ1) is 14.1. The fourth-order valence-electron chi connectivity index (χ4n) is 2.93. The first-order valence-electron chi connectivity index (χ1n) is 8.65. The van der Waals surface area contributed by atoms with Crippen molar-refractivity contribution in [3.05, 3.63) is 92.7 Å². The third-order valence-electron chi connectivity index (χ3n) is 4.32. The summed E-state index contributed by atoms with van der Waals surface area (Å²) in [7, 11) is 1.56. The van der Waals surface area contributed by atoms with Crippen LogP contribution in [0.25, 0.3) is 28.7 Å². The van der Waals surface area contributed by atoms with Crippen LogP contribution in [0.1, 0.15) is 11.6 Å². The zero-order valence-corrected chi connectivity index (χ0v) is 15.3. The lowest BCUT2D eigenvalue weighted by molar-refractivity contribution is -0.402. The van der Waals surface area contributed by atoms with E-state index >= 15 is 0 Å². The Morgan fingerprint density at radius 2 is 1.83 bits per heavy atom. The number of hydrogen-bond acceptors (Lipinski definition) is 6.